The molecule has 1 aliphatic rings. The smallest absolute Gasteiger partial charge is 0.124 e. The average Bonchev–Trinajstić information content (AvgIpc) is 2.82. The molecule has 0 bridgehead atoms. The summed E-state index contributed by atoms with van der Waals surface area (Å²) >= 11 is 1.64. The van der Waals surface area contributed by atoms with E-state index in [2.05, 4.69) is 15.2 Å². The van der Waals surface area contributed by atoms with Gasteiger partial charge in [-0.25, -0.2) is 4.39 Å². The molecule has 0 unspecified atom stereocenters. The first-order valence-electron chi connectivity index (χ1n) is 8.62. The van der Waals surface area contributed by atoms with Crippen molar-refractivity contribution >= 4 is 27.1 Å². The summed E-state index contributed by atoms with van der Waals surface area (Å²) in [6, 6.07) is 5.14. The molecule has 2 aromatic rings. The van der Waals surface area contributed by atoms with Crippen LogP contribution >= 0.6 is 11.3 Å². The Morgan fingerprint density at radius 2 is 2.00 bits per heavy atom. The Morgan fingerprint density at radius 3 is 2.87 bits per heavy atom. The van der Waals surface area contributed by atoms with Crippen molar-refractivity contribution in [3.8, 4) is 0 Å². The highest BCUT2D eigenvalue weighted by atomic mass is 32.1. The zero-order valence-corrected chi connectivity index (χ0v) is 14.5. The molecule has 0 radical (unpaired) electrons. The summed E-state index contributed by atoms with van der Waals surface area (Å²) in [5, 5.41) is 3.37. The summed E-state index contributed by atoms with van der Waals surface area (Å²) in [5.41, 5.74) is 6.83. The number of halogens is 1. The van der Waals surface area contributed by atoms with Gasteiger partial charge in [-0.05, 0) is 57.1 Å². The van der Waals surface area contributed by atoms with Crippen LogP contribution in [-0.4, -0.2) is 44.2 Å². The quantitative estimate of drug-likeness (QED) is 0.817. The third kappa shape index (κ3) is 4.22. The second-order valence-corrected chi connectivity index (χ2v) is 7.20. The summed E-state index contributed by atoms with van der Waals surface area (Å²) in [6.07, 6.45) is 4.81. The van der Waals surface area contributed by atoms with Crippen LogP contribution in [-0.2, 0) is 0 Å². The fourth-order valence-corrected chi connectivity index (χ4v) is 4.32. The van der Waals surface area contributed by atoms with E-state index in [1.807, 2.05) is 6.07 Å². The second-order valence-electron chi connectivity index (χ2n) is 6.29. The molecule has 1 aliphatic heterocycles. The number of hydrogen-bond acceptors (Lipinski definition) is 4. The van der Waals surface area contributed by atoms with Gasteiger partial charge < -0.3 is 15.5 Å². The van der Waals surface area contributed by atoms with Gasteiger partial charge in [0, 0.05) is 35.1 Å². The molecule has 126 valence electrons. The van der Waals surface area contributed by atoms with Crippen molar-refractivity contribution < 1.29 is 4.39 Å². The molecule has 0 saturated carbocycles. The minimum atomic E-state index is -0.148. The Balaban J connectivity index is 1.61. The summed E-state index contributed by atoms with van der Waals surface area (Å²) < 4.78 is 14.4. The van der Waals surface area contributed by atoms with Crippen LogP contribution in [0.2, 0.25) is 0 Å². The van der Waals surface area contributed by atoms with Crippen molar-refractivity contribution in [1.82, 2.24) is 4.90 Å². The highest BCUT2D eigenvalue weighted by molar-refractivity contribution is 7.17. The number of hydrogen-bond donors (Lipinski definition) is 1. The number of rotatable bonds is 6. The summed E-state index contributed by atoms with van der Waals surface area (Å²) in [4.78, 5) is 5.04. The van der Waals surface area contributed by atoms with E-state index in [0.717, 1.165) is 37.3 Å². The van der Waals surface area contributed by atoms with Gasteiger partial charge in [0.15, 0.2) is 0 Å². The summed E-state index contributed by atoms with van der Waals surface area (Å²) in [6.45, 7) is 6.42. The fraction of sp³-hybridized carbons (Fsp3) is 0.556. The lowest BCUT2D eigenvalue weighted by atomic mass is 10.2. The van der Waals surface area contributed by atoms with E-state index < -0.39 is 0 Å². The molecule has 3 nitrogen and oxygen atoms in total. The monoisotopic (exact) mass is 335 g/mol. The molecule has 3 rings (SSSR count). The standard InChI is InChI=1S/C18H26FN3S/c19-15-5-6-16-17(14-23-18(16)13-15)22-10-4-9-21(11-12-22)8-3-1-2-7-20/h5-6,13-14H,1-4,7-12,20H2. The average molecular weight is 335 g/mol. The van der Waals surface area contributed by atoms with E-state index >= 15 is 0 Å². The van der Waals surface area contributed by atoms with E-state index in [9.17, 15) is 4.39 Å². The number of unbranched alkanes of at least 4 members (excludes halogenated alkanes) is 2. The maximum absolute atomic E-state index is 13.4. The first-order valence-corrected chi connectivity index (χ1v) is 9.50. The van der Waals surface area contributed by atoms with Crippen molar-refractivity contribution in [1.29, 1.82) is 0 Å². The molecule has 2 heterocycles. The SMILES string of the molecule is NCCCCCN1CCCN(c2csc3cc(F)ccc23)CC1. The molecular formula is C18H26FN3S. The summed E-state index contributed by atoms with van der Waals surface area (Å²) in [7, 11) is 0. The Morgan fingerprint density at radius 1 is 1.09 bits per heavy atom. The van der Waals surface area contributed by atoms with Crippen molar-refractivity contribution in [2.45, 2.75) is 25.7 Å². The molecule has 0 aliphatic carbocycles. The molecule has 0 atom stereocenters. The Kier molecular flexibility index (Phi) is 5.86. The number of anilines is 1. The van der Waals surface area contributed by atoms with Crippen molar-refractivity contribution in [3.05, 3.63) is 29.4 Å². The second kappa shape index (κ2) is 8.08. The van der Waals surface area contributed by atoms with Crippen LogP contribution in [0.1, 0.15) is 25.7 Å². The normalized spacial score (nSPS) is 16.9. The lowest BCUT2D eigenvalue weighted by molar-refractivity contribution is 0.286. The molecule has 2 N–H and O–H groups in total. The number of fused-ring (bicyclic) bond motifs is 1. The topological polar surface area (TPSA) is 32.5 Å². The fourth-order valence-electron chi connectivity index (χ4n) is 3.32. The van der Waals surface area contributed by atoms with Gasteiger partial charge in [-0.2, -0.15) is 0 Å². The maximum atomic E-state index is 13.4. The molecule has 1 saturated heterocycles. The van der Waals surface area contributed by atoms with Gasteiger partial charge >= 0.3 is 0 Å². The lowest BCUT2D eigenvalue weighted by Gasteiger charge is -2.23. The first-order chi connectivity index (χ1) is 11.3. The minimum Gasteiger partial charge on any atom is -0.369 e. The van der Waals surface area contributed by atoms with Gasteiger partial charge in [0.1, 0.15) is 5.82 Å². The predicted octanol–water partition coefficient (Wildman–Crippen LogP) is 3.68. The van der Waals surface area contributed by atoms with Crippen LogP contribution in [0.15, 0.2) is 23.6 Å². The predicted molar refractivity (Wildman–Crippen MR) is 98.0 cm³/mol. The van der Waals surface area contributed by atoms with Gasteiger partial charge in [-0.1, -0.05) is 6.42 Å². The van der Waals surface area contributed by atoms with Gasteiger partial charge in [-0.15, -0.1) is 11.3 Å². The third-order valence-electron chi connectivity index (χ3n) is 4.62. The van der Waals surface area contributed by atoms with Crippen molar-refractivity contribution in [3.63, 3.8) is 0 Å². The molecule has 1 fully saturated rings. The highest BCUT2D eigenvalue weighted by Crippen LogP contribution is 2.33. The molecular weight excluding hydrogens is 309 g/mol. The highest BCUT2D eigenvalue weighted by Gasteiger charge is 2.17. The van der Waals surface area contributed by atoms with E-state index in [4.69, 9.17) is 5.73 Å². The number of nitrogens with zero attached hydrogens (tertiary/aromatic N) is 2. The van der Waals surface area contributed by atoms with Crippen molar-refractivity contribution in [2.75, 3.05) is 44.2 Å². The Labute approximate surface area is 141 Å². The summed E-state index contributed by atoms with van der Waals surface area (Å²) in [5.74, 6) is -0.148. The molecule has 0 spiro atoms. The zero-order chi connectivity index (χ0) is 16.1. The number of benzene rings is 1. The molecule has 1 aromatic heterocycles. The van der Waals surface area contributed by atoms with E-state index in [1.54, 1.807) is 23.5 Å². The largest absolute Gasteiger partial charge is 0.369 e. The molecule has 0 amide bonds. The Hall–Kier alpha value is -1.17. The molecule has 23 heavy (non-hydrogen) atoms. The van der Waals surface area contributed by atoms with Crippen LogP contribution in [0.3, 0.4) is 0 Å². The van der Waals surface area contributed by atoms with Gasteiger partial charge in [0.05, 0.1) is 5.69 Å². The van der Waals surface area contributed by atoms with Crippen LogP contribution in [0, 0.1) is 5.82 Å². The van der Waals surface area contributed by atoms with Crippen molar-refractivity contribution in [2.24, 2.45) is 5.73 Å². The molecule has 1 aromatic carbocycles. The van der Waals surface area contributed by atoms with E-state index in [-0.39, 0.29) is 5.82 Å². The van der Waals surface area contributed by atoms with Gasteiger partial charge in [-0.3, -0.25) is 0 Å². The first kappa shape index (κ1) is 16.7. The Bertz CT molecular complexity index is 628. The minimum absolute atomic E-state index is 0.148. The molecule has 5 heteroatoms. The van der Waals surface area contributed by atoms with Crippen LogP contribution in [0.4, 0.5) is 10.1 Å². The van der Waals surface area contributed by atoms with E-state index in [1.165, 1.54) is 43.4 Å². The van der Waals surface area contributed by atoms with Crippen LogP contribution in [0.25, 0.3) is 10.1 Å². The lowest BCUT2D eigenvalue weighted by Crippen LogP contribution is -2.31. The number of nitrogens with two attached hydrogens (primary N) is 1. The van der Waals surface area contributed by atoms with Crippen LogP contribution < -0.4 is 10.6 Å². The van der Waals surface area contributed by atoms with Crippen LogP contribution in [0.5, 0.6) is 0 Å². The number of thiophene rings is 1. The zero-order valence-electron chi connectivity index (χ0n) is 13.6. The maximum Gasteiger partial charge on any atom is 0.124 e. The van der Waals surface area contributed by atoms with Gasteiger partial charge in [0.25, 0.3) is 0 Å². The van der Waals surface area contributed by atoms with Gasteiger partial charge in [0.2, 0.25) is 0 Å². The van der Waals surface area contributed by atoms with E-state index in [0.29, 0.717) is 0 Å². The third-order valence-corrected chi connectivity index (χ3v) is 5.56.